The lowest BCUT2D eigenvalue weighted by Crippen LogP contribution is -2.54. The average molecular weight is 235 g/mol. The van der Waals surface area contributed by atoms with Crippen LogP contribution in [0.4, 0.5) is 5.69 Å². The first kappa shape index (κ1) is 11.4. The first-order valence-corrected chi connectivity index (χ1v) is 5.17. The van der Waals surface area contributed by atoms with Gasteiger partial charge in [-0.25, -0.2) is 4.79 Å². The Morgan fingerprint density at radius 2 is 2.18 bits per heavy atom. The Balaban J connectivity index is 2.44. The molecular formula is C12H13NO4. The van der Waals surface area contributed by atoms with Gasteiger partial charge >= 0.3 is 5.97 Å². The van der Waals surface area contributed by atoms with Crippen molar-refractivity contribution in [1.29, 1.82) is 0 Å². The Labute approximate surface area is 98.7 Å². The van der Waals surface area contributed by atoms with Crippen LogP contribution in [0.2, 0.25) is 0 Å². The maximum Gasteiger partial charge on any atom is 0.359 e. The van der Waals surface area contributed by atoms with Crippen LogP contribution in [-0.4, -0.2) is 24.6 Å². The minimum absolute atomic E-state index is 0.470. The molecule has 0 unspecified atom stereocenters. The van der Waals surface area contributed by atoms with Crippen LogP contribution in [0.15, 0.2) is 18.2 Å². The molecule has 1 atom stereocenters. The van der Waals surface area contributed by atoms with Crippen molar-refractivity contribution in [2.24, 2.45) is 0 Å². The van der Waals surface area contributed by atoms with Crippen LogP contribution in [0.25, 0.3) is 0 Å². The lowest BCUT2D eigenvalue weighted by Gasteiger charge is -2.32. The summed E-state index contributed by atoms with van der Waals surface area (Å²) in [5.41, 5.74) is -0.0932. The molecule has 0 saturated carbocycles. The van der Waals surface area contributed by atoms with E-state index in [1.165, 1.54) is 14.0 Å². The number of fused-ring (bicyclic) bond motifs is 1. The maximum absolute atomic E-state index is 11.8. The van der Waals surface area contributed by atoms with Gasteiger partial charge in [-0.1, -0.05) is 6.07 Å². The Kier molecular flexibility index (Phi) is 2.53. The Morgan fingerprint density at radius 3 is 2.82 bits per heavy atom. The van der Waals surface area contributed by atoms with Gasteiger partial charge in [-0.2, -0.15) is 0 Å². The summed E-state index contributed by atoms with van der Waals surface area (Å²) in [4.78, 5) is 23.4. The summed E-state index contributed by atoms with van der Waals surface area (Å²) >= 11 is 0. The van der Waals surface area contributed by atoms with Crippen molar-refractivity contribution in [2.45, 2.75) is 19.4 Å². The third-order valence-electron chi connectivity index (χ3n) is 2.71. The number of anilines is 1. The minimum atomic E-state index is -1.63. The van der Waals surface area contributed by atoms with E-state index >= 15 is 0 Å². The number of hydrogen-bond acceptors (Lipinski definition) is 4. The third-order valence-corrected chi connectivity index (χ3v) is 2.71. The summed E-state index contributed by atoms with van der Waals surface area (Å²) in [6, 6.07) is 5.35. The van der Waals surface area contributed by atoms with Crippen LogP contribution in [-0.2, 0) is 14.3 Å². The molecule has 17 heavy (non-hydrogen) atoms. The summed E-state index contributed by atoms with van der Waals surface area (Å²) in [7, 11) is 1.22. The summed E-state index contributed by atoms with van der Waals surface area (Å²) in [5.74, 6) is -0.777. The second-order valence-electron chi connectivity index (χ2n) is 4.08. The van der Waals surface area contributed by atoms with E-state index in [0.29, 0.717) is 11.4 Å². The molecule has 0 aliphatic carbocycles. The Morgan fingerprint density at radius 1 is 1.47 bits per heavy atom. The topological polar surface area (TPSA) is 64.6 Å². The summed E-state index contributed by atoms with van der Waals surface area (Å²) < 4.78 is 10.1. The maximum atomic E-state index is 11.8. The molecule has 0 saturated heterocycles. The van der Waals surface area contributed by atoms with E-state index in [1.54, 1.807) is 12.1 Å². The smallest absolute Gasteiger partial charge is 0.359 e. The molecule has 5 heteroatoms. The molecular weight excluding hydrogens is 222 g/mol. The molecule has 1 aliphatic rings. The van der Waals surface area contributed by atoms with Gasteiger partial charge in [-0.15, -0.1) is 0 Å². The number of carbonyl (C=O) groups is 2. The van der Waals surface area contributed by atoms with E-state index in [1.807, 2.05) is 13.0 Å². The van der Waals surface area contributed by atoms with Gasteiger partial charge in [0.05, 0.1) is 12.8 Å². The van der Waals surface area contributed by atoms with Gasteiger partial charge in [0.2, 0.25) is 0 Å². The molecule has 0 radical (unpaired) electrons. The van der Waals surface area contributed by atoms with Crippen LogP contribution in [0.5, 0.6) is 5.75 Å². The van der Waals surface area contributed by atoms with Gasteiger partial charge in [0.1, 0.15) is 5.75 Å². The normalized spacial score (nSPS) is 22.2. The summed E-state index contributed by atoms with van der Waals surface area (Å²) in [6.45, 7) is 3.29. The van der Waals surface area contributed by atoms with E-state index in [4.69, 9.17) is 4.74 Å². The monoisotopic (exact) mass is 235 g/mol. The van der Waals surface area contributed by atoms with Crippen molar-refractivity contribution in [1.82, 2.24) is 0 Å². The van der Waals surface area contributed by atoms with Gasteiger partial charge in [0.15, 0.2) is 0 Å². The highest BCUT2D eigenvalue weighted by Crippen LogP contribution is 2.34. The number of carbonyl (C=O) groups excluding carboxylic acids is 2. The lowest BCUT2D eigenvalue weighted by molar-refractivity contribution is -0.162. The second-order valence-corrected chi connectivity index (χ2v) is 4.08. The molecule has 0 bridgehead atoms. The van der Waals surface area contributed by atoms with Gasteiger partial charge < -0.3 is 14.8 Å². The van der Waals surface area contributed by atoms with Crippen LogP contribution in [0, 0.1) is 6.92 Å². The number of rotatable bonds is 1. The quantitative estimate of drug-likeness (QED) is 0.588. The SMILES string of the molecule is COC(=O)[C@]1(C)Oc2cc(C)ccc2NC1=O. The Hall–Kier alpha value is -2.04. The van der Waals surface area contributed by atoms with Gasteiger partial charge in [0.25, 0.3) is 11.5 Å². The molecule has 1 heterocycles. The van der Waals surface area contributed by atoms with Crippen molar-refractivity contribution >= 4 is 17.6 Å². The highest BCUT2D eigenvalue weighted by molar-refractivity contribution is 6.13. The highest BCUT2D eigenvalue weighted by atomic mass is 16.6. The fraction of sp³-hybridized carbons (Fsp3) is 0.333. The standard InChI is InChI=1S/C12H13NO4/c1-7-4-5-8-9(6-7)17-12(2,10(14)13-8)11(15)16-3/h4-6H,1-3H3,(H,13,14)/t12-/m1/s1. The number of hydrogen-bond donors (Lipinski definition) is 1. The van der Waals surface area contributed by atoms with Crippen LogP contribution in [0.1, 0.15) is 12.5 Å². The van der Waals surface area contributed by atoms with Crippen molar-refractivity contribution in [3.05, 3.63) is 23.8 Å². The number of esters is 1. The van der Waals surface area contributed by atoms with Crippen LogP contribution < -0.4 is 10.1 Å². The van der Waals surface area contributed by atoms with E-state index < -0.39 is 17.5 Å². The number of nitrogens with one attached hydrogen (secondary N) is 1. The van der Waals surface area contributed by atoms with Crippen LogP contribution in [0.3, 0.4) is 0 Å². The van der Waals surface area contributed by atoms with Crippen molar-refractivity contribution in [3.8, 4) is 5.75 Å². The molecule has 2 rings (SSSR count). The summed E-state index contributed by atoms with van der Waals surface area (Å²) in [5, 5.41) is 2.63. The average Bonchev–Trinajstić information content (AvgIpc) is 2.30. The zero-order valence-electron chi connectivity index (χ0n) is 9.87. The molecule has 5 nitrogen and oxygen atoms in total. The molecule has 1 N–H and O–H groups in total. The highest BCUT2D eigenvalue weighted by Gasteiger charge is 2.48. The largest absolute Gasteiger partial charge is 0.466 e. The number of aryl methyl sites for hydroxylation is 1. The number of benzene rings is 1. The van der Waals surface area contributed by atoms with Crippen molar-refractivity contribution in [3.63, 3.8) is 0 Å². The number of methoxy groups -OCH3 is 1. The van der Waals surface area contributed by atoms with Gasteiger partial charge in [-0.3, -0.25) is 4.79 Å². The molecule has 0 fully saturated rings. The summed E-state index contributed by atoms with van der Waals surface area (Å²) in [6.07, 6.45) is 0. The van der Waals surface area contributed by atoms with Crippen molar-refractivity contribution < 1.29 is 19.1 Å². The lowest BCUT2D eigenvalue weighted by atomic mass is 10.0. The van der Waals surface area contributed by atoms with E-state index in [9.17, 15) is 9.59 Å². The third kappa shape index (κ3) is 1.73. The fourth-order valence-corrected chi connectivity index (χ4v) is 1.65. The number of ether oxygens (including phenoxy) is 2. The van der Waals surface area contributed by atoms with Crippen molar-refractivity contribution in [2.75, 3.05) is 12.4 Å². The first-order chi connectivity index (χ1) is 7.97. The van der Waals surface area contributed by atoms with Gasteiger partial charge in [-0.05, 0) is 31.5 Å². The molecule has 1 aliphatic heterocycles. The zero-order valence-corrected chi connectivity index (χ0v) is 9.87. The first-order valence-electron chi connectivity index (χ1n) is 5.17. The molecule has 1 aromatic carbocycles. The molecule has 0 aromatic heterocycles. The Bertz CT molecular complexity index is 497. The molecule has 1 amide bonds. The number of amides is 1. The minimum Gasteiger partial charge on any atom is -0.466 e. The fourth-order valence-electron chi connectivity index (χ4n) is 1.65. The van der Waals surface area contributed by atoms with E-state index in [2.05, 4.69) is 10.1 Å². The van der Waals surface area contributed by atoms with Crippen LogP contribution >= 0.6 is 0 Å². The molecule has 0 spiro atoms. The predicted molar refractivity (Wildman–Crippen MR) is 60.9 cm³/mol. The van der Waals surface area contributed by atoms with E-state index in [0.717, 1.165) is 5.56 Å². The second kappa shape index (κ2) is 3.76. The van der Waals surface area contributed by atoms with Gasteiger partial charge in [0, 0.05) is 0 Å². The molecule has 90 valence electrons. The molecule has 1 aromatic rings. The zero-order chi connectivity index (χ0) is 12.6. The van der Waals surface area contributed by atoms with E-state index in [-0.39, 0.29) is 0 Å². The predicted octanol–water partition coefficient (Wildman–Crippen LogP) is 1.26.